The summed E-state index contributed by atoms with van der Waals surface area (Å²) in [6.07, 6.45) is 4.64. The minimum atomic E-state index is -6.00. The molecular weight excluding hydrogens is 1020 g/mol. The van der Waals surface area contributed by atoms with E-state index in [4.69, 9.17) is 28.9 Å². The molecule has 14 aromatic rings. The van der Waals surface area contributed by atoms with E-state index >= 15 is 0 Å². The molecule has 3 heterocycles. The topological polar surface area (TPSA) is 35.9 Å². The third-order valence-electron chi connectivity index (χ3n) is 14.6. The molecule has 0 N–H and O–H groups in total. The first-order valence-corrected chi connectivity index (χ1v) is 28.2. The zero-order valence-corrected chi connectivity index (χ0v) is 45.5. The van der Waals surface area contributed by atoms with Crippen molar-refractivity contribution in [3.8, 4) is 62.1 Å². The Morgan fingerprint density at radius 3 is 1.82 bits per heavy atom. The van der Waals surface area contributed by atoms with Crippen molar-refractivity contribution in [2.75, 3.05) is 0 Å². The normalized spacial score (nSPS) is 16.8. The average molecular weight is 1110 g/mol. The highest BCUT2D eigenvalue weighted by molar-refractivity contribution is 7.20. The molecule has 11 aromatic carbocycles. The summed E-state index contributed by atoms with van der Waals surface area (Å²) >= 11 is 0. The average Bonchev–Trinajstić information content (AvgIpc) is 0.784. The van der Waals surface area contributed by atoms with E-state index in [2.05, 4.69) is 6.33 Å². The van der Waals surface area contributed by atoms with Crippen LogP contribution >= 0.6 is 0 Å². The van der Waals surface area contributed by atoms with Crippen LogP contribution in [0.2, 0.25) is 0 Å². The number of aromatic nitrogens is 4. The first kappa shape index (κ1) is 29.0. The zero-order valence-electron chi connectivity index (χ0n) is 72.5. The van der Waals surface area contributed by atoms with Crippen molar-refractivity contribution in [3.63, 3.8) is 0 Å². The molecule has 0 saturated carbocycles. The van der Waals surface area contributed by atoms with Gasteiger partial charge in [0.15, 0.2) is 8.07 Å². The van der Waals surface area contributed by atoms with Gasteiger partial charge in [0.2, 0.25) is 0 Å². The van der Waals surface area contributed by atoms with E-state index in [1.54, 1.807) is 77.4 Å². The molecule has 398 valence electrons. The van der Waals surface area contributed by atoms with Gasteiger partial charge in [-0.2, -0.15) is 0 Å². The van der Waals surface area contributed by atoms with Gasteiger partial charge in [-0.25, -0.2) is 4.98 Å². The first-order valence-electron chi connectivity index (χ1n) is 40.2. The zero-order chi connectivity index (χ0) is 80.3. The molecule has 0 saturated heterocycles. The van der Waals surface area contributed by atoms with E-state index in [0.717, 1.165) is 5.56 Å². The molecule has 0 fully saturated rings. The molecule has 6 heteroatoms. The third-order valence-corrected chi connectivity index (χ3v) is 18.8. The van der Waals surface area contributed by atoms with E-state index in [1.807, 2.05) is 45.0 Å². The minimum absolute atomic E-state index is 0.0761. The second-order valence-electron chi connectivity index (χ2n) is 20.5. The minimum Gasteiger partial charge on any atom is -0.458 e. The maximum Gasteiger partial charge on any atom is 0.269 e. The van der Waals surface area contributed by atoms with E-state index in [-0.39, 0.29) is 78.3 Å². The van der Waals surface area contributed by atoms with Crippen LogP contribution in [0.1, 0.15) is 70.3 Å². The van der Waals surface area contributed by atoms with Gasteiger partial charge >= 0.3 is 0 Å². The number of nitrogens with zero attached hydrogens (tertiary/aromatic N) is 4. The number of benzene rings is 11. The number of rotatable bonds is 12. The lowest BCUT2D eigenvalue weighted by molar-refractivity contribution is -0.570. The fourth-order valence-electron chi connectivity index (χ4n) is 10.8. The van der Waals surface area contributed by atoms with E-state index < -0.39 is 187 Å². The molecule has 0 aliphatic rings. The number of aryl methyl sites for hydroxylation is 1. The van der Waals surface area contributed by atoms with Crippen molar-refractivity contribution in [1.82, 2.24) is 14.1 Å². The fraction of sp³-hybridized carbons (Fsp3) is 0.0649. The molecule has 14 rings (SSSR count). The van der Waals surface area contributed by atoms with Crippen molar-refractivity contribution >= 4 is 61.7 Å². The Bertz CT molecular complexity index is 6070. The first-order chi connectivity index (χ1) is 52.3. The van der Waals surface area contributed by atoms with Crippen LogP contribution in [0.3, 0.4) is 0 Å². The van der Waals surface area contributed by atoms with Gasteiger partial charge in [0.1, 0.15) is 17.3 Å². The number of imidazole rings is 1. The van der Waals surface area contributed by atoms with Gasteiger partial charge in [-0.3, -0.25) is 13.7 Å². The van der Waals surface area contributed by atoms with Gasteiger partial charge in [-0.15, -0.1) is 0 Å². The second-order valence-corrected chi connectivity index (χ2v) is 24.0. The predicted molar refractivity (Wildman–Crippen MR) is 346 cm³/mol. The third kappa shape index (κ3) is 9.14. The predicted octanol–water partition coefficient (Wildman–Crippen LogP) is 16.0. The summed E-state index contributed by atoms with van der Waals surface area (Å²) in [5.41, 5.74) is 1.16. The van der Waals surface area contributed by atoms with Gasteiger partial charge < -0.3 is 4.74 Å². The van der Waals surface area contributed by atoms with Crippen molar-refractivity contribution in [2.24, 2.45) is 0 Å². The van der Waals surface area contributed by atoms with Crippen LogP contribution in [0.15, 0.2) is 291 Å². The van der Waals surface area contributed by atoms with Crippen molar-refractivity contribution < 1.29 is 47.7 Å². The van der Waals surface area contributed by atoms with Crippen molar-refractivity contribution in [2.45, 2.75) is 33.0 Å². The highest BCUT2D eigenvalue weighted by atomic mass is 28.3. The highest BCUT2D eigenvalue weighted by Crippen LogP contribution is 2.38. The van der Waals surface area contributed by atoms with E-state index in [9.17, 15) is 19.2 Å². The van der Waals surface area contributed by atoms with Gasteiger partial charge in [-0.1, -0.05) is 251 Å². The maximum atomic E-state index is 10.1. The number of fused-ring (bicyclic) bond motifs is 4. The second kappa shape index (κ2) is 21.1. The molecular formula is C77H60N4OSi. The van der Waals surface area contributed by atoms with Gasteiger partial charge in [-0.05, 0) is 120 Å². The molecule has 0 spiro atoms. The van der Waals surface area contributed by atoms with Crippen LogP contribution in [0.25, 0.3) is 83.4 Å². The molecule has 5 nitrogen and oxygen atoms in total. The number of hydrogen-bond acceptors (Lipinski definition) is 2. The summed E-state index contributed by atoms with van der Waals surface area (Å²) < 4.78 is 268. The molecule has 0 radical (unpaired) electrons. The molecule has 83 heavy (non-hydrogen) atoms. The maximum absolute atomic E-state index is 10.1. The SMILES string of the molecule is [2H]c1c([2H])c([2H])c(-c2ccc3c(c2)n(-c2cccc(Oc4ccc5c6ccccc6n(-c6cc(C([2H])([2H])[2H])c(-c7c([2H])c([2H])c([2H])c([2H])c7[2H])cn6)c5c4)c2)[c-][n+]3-c2c(-c3cccc(C(C)(C)C)c3)cccc2[Si](c2c([2H])c([2H])c([2H])c([2H])c2[2H])(c2c([2H])c([2H])c([2H])c([2H])c2[2H])c2c([2H])c([2H])c([2H])c([2H])c2[2H])c([2H])c1[2H]. The summed E-state index contributed by atoms with van der Waals surface area (Å²) in [5, 5.41) is -1.17. The number of para-hydroxylation sites is 2. The Labute approximate surface area is 525 Å². The molecule has 0 unspecified atom stereocenters. The van der Waals surface area contributed by atoms with Crippen LogP contribution in [0.5, 0.6) is 11.5 Å². The van der Waals surface area contributed by atoms with Gasteiger partial charge in [0.25, 0.3) is 6.33 Å². The number of ether oxygens (including phenoxy) is 1. The molecule has 0 bridgehead atoms. The van der Waals surface area contributed by atoms with E-state index in [1.165, 1.54) is 51.7 Å². The summed E-state index contributed by atoms with van der Waals surface area (Å²) in [6.45, 7) is 2.98. The van der Waals surface area contributed by atoms with Gasteiger partial charge in [0, 0.05) is 32.7 Å². The quantitative estimate of drug-likeness (QED) is 0.0529. The van der Waals surface area contributed by atoms with Crippen molar-refractivity contribution in [1.29, 1.82) is 0 Å². The molecule has 0 aliphatic carbocycles. The Kier molecular flexibility index (Phi) is 7.37. The number of pyridine rings is 1. The standard InChI is InChI=1S/C77H60N4OSi/c1-54-47-75(78-52-69(54)56-27-12-6-13-28-56)81-70-41-21-20-39-67(70)68-45-44-62(51-72(68)81)82-61-32-23-31-60(50-61)79-53-80(71-46-43-57(49-73(71)79)55-25-10-5-11-26-55)76-66(58-29-22-30-59(48-58)77(2,3)4)40-24-42-74(76)83(63-33-14-7-15-34-63,64-35-16-8-17-36-64)65-37-18-9-19-38-65/h5-52H,1-4H3/i1D3,5D,6D,7D,8D,9D,10D,11D,12D,13D,14D,15D,16D,17D,18D,19D,25D,26D,27D,28D,33D,34D,35D,36D,37D,38D. The summed E-state index contributed by atoms with van der Waals surface area (Å²) in [7, 11) is -6.00. The Balaban J connectivity index is 1.08. The lowest BCUT2D eigenvalue weighted by Gasteiger charge is -2.37. The van der Waals surface area contributed by atoms with Crippen LogP contribution in [0, 0.1) is 13.2 Å². The Morgan fingerprint density at radius 2 is 1.13 bits per heavy atom. The smallest absolute Gasteiger partial charge is 0.269 e. The lowest BCUT2D eigenvalue weighted by Crippen LogP contribution is -2.76. The van der Waals surface area contributed by atoms with E-state index in [0.29, 0.717) is 27.4 Å². The monoisotopic (exact) mass is 1110 g/mol. The van der Waals surface area contributed by atoms with Crippen molar-refractivity contribution in [3.05, 3.63) is 308 Å². The van der Waals surface area contributed by atoms with Crippen LogP contribution in [0.4, 0.5) is 0 Å². The number of hydrogen-bond donors (Lipinski definition) is 0. The summed E-state index contributed by atoms with van der Waals surface area (Å²) in [5.74, 6) is 0.440. The Morgan fingerprint density at radius 1 is 0.506 bits per heavy atom. The van der Waals surface area contributed by atoms with Crippen LogP contribution in [-0.2, 0) is 5.41 Å². The largest absolute Gasteiger partial charge is 0.458 e. The lowest BCUT2D eigenvalue weighted by atomic mass is 9.85. The van der Waals surface area contributed by atoms with Crippen LogP contribution in [-0.4, -0.2) is 22.2 Å². The molecule has 0 aliphatic heterocycles. The Hall–Kier alpha value is -10.1. The fourth-order valence-corrected chi connectivity index (χ4v) is 14.8. The molecule has 0 atom stereocenters. The molecule has 0 amide bonds. The summed E-state index contributed by atoms with van der Waals surface area (Å²) in [4.78, 5) is 4.71. The highest BCUT2D eigenvalue weighted by Gasteiger charge is 2.44. The van der Waals surface area contributed by atoms with Crippen LogP contribution < -0.4 is 30.1 Å². The summed E-state index contributed by atoms with van der Waals surface area (Å²) in [6, 6.07) is 15.4. The van der Waals surface area contributed by atoms with Gasteiger partial charge in [0.05, 0.1) is 67.7 Å². The molecule has 3 aromatic heterocycles.